The molecule has 1 atom stereocenters. The molecule has 10 nitrogen and oxygen atoms in total. The van der Waals surface area contributed by atoms with Crippen LogP contribution in [0.25, 0.3) is 0 Å². The zero-order chi connectivity index (χ0) is 23.7. The Hall–Kier alpha value is -3.18. The van der Waals surface area contributed by atoms with E-state index in [4.69, 9.17) is 15.0 Å². The molecule has 0 saturated heterocycles. The number of hydrogen-bond acceptors (Lipinski definition) is 7. The van der Waals surface area contributed by atoms with Gasteiger partial charge in [0.2, 0.25) is 5.91 Å². The van der Waals surface area contributed by atoms with Gasteiger partial charge in [0.05, 0.1) is 19.8 Å². The van der Waals surface area contributed by atoms with Crippen LogP contribution in [-0.4, -0.2) is 66.0 Å². The molecule has 2 aliphatic rings. The van der Waals surface area contributed by atoms with Gasteiger partial charge in [-0.1, -0.05) is 12.1 Å². The molecule has 5 N–H and O–H groups in total. The van der Waals surface area contributed by atoms with E-state index in [2.05, 4.69) is 5.32 Å². The highest BCUT2D eigenvalue weighted by atomic mass is 16.5. The summed E-state index contributed by atoms with van der Waals surface area (Å²) in [5.74, 6) is -1.74. The Morgan fingerprint density at radius 1 is 1.03 bits per heavy atom. The smallest absolute Gasteiger partial charge is 0.423 e. The van der Waals surface area contributed by atoms with E-state index in [1.807, 2.05) is 0 Å². The van der Waals surface area contributed by atoms with Crippen LogP contribution in [0.3, 0.4) is 0 Å². The van der Waals surface area contributed by atoms with Crippen LogP contribution in [0.5, 0.6) is 0 Å². The zero-order valence-corrected chi connectivity index (χ0v) is 18.0. The number of rotatable bonds is 7. The lowest BCUT2D eigenvalue weighted by molar-refractivity contribution is -0.120. The van der Waals surface area contributed by atoms with Crippen molar-refractivity contribution in [2.45, 2.75) is 26.2 Å². The van der Waals surface area contributed by atoms with Gasteiger partial charge < -0.3 is 35.3 Å². The van der Waals surface area contributed by atoms with Gasteiger partial charge in [-0.2, -0.15) is 0 Å². The first-order chi connectivity index (χ1) is 15.8. The summed E-state index contributed by atoms with van der Waals surface area (Å²) >= 11 is 0. The van der Waals surface area contributed by atoms with E-state index in [0.29, 0.717) is 16.5 Å². The standard InChI is InChI=1S/C21H23B2N3O7/c1-2-26(21(29)13-4-6-15-11-33-23(31)17(15)8-13)9-18(19(24)27)25-20(28)12-3-5-14-10-32-22(30)16(14)7-12/h3-8,18,30-31H,2,9-11H2,1H3,(H2,24,27)(H,25,28)/t18-/m0/s1. The molecule has 0 radical (unpaired) electrons. The number of nitrogens with zero attached hydrogens (tertiary/aromatic N) is 1. The highest BCUT2D eigenvalue weighted by Crippen LogP contribution is 2.14. The monoisotopic (exact) mass is 451 g/mol. The summed E-state index contributed by atoms with van der Waals surface area (Å²) in [5, 5.41) is 22.3. The topological polar surface area (TPSA) is 151 Å². The van der Waals surface area contributed by atoms with Gasteiger partial charge in [0.15, 0.2) is 0 Å². The quantitative estimate of drug-likeness (QED) is 0.351. The van der Waals surface area contributed by atoms with Crippen LogP contribution in [0.2, 0.25) is 0 Å². The molecular weight excluding hydrogens is 428 g/mol. The third kappa shape index (κ3) is 4.64. The Morgan fingerprint density at radius 2 is 1.58 bits per heavy atom. The number of hydrogen-bond donors (Lipinski definition) is 4. The van der Waals surface area contributed by atoms with Crippen molar-refractivity contribution < 1.29 is 33.7 Å². The van der Waals surface area contributed by atoms with E-state index in [-0.39, 0.29) is 37.8 Å². The van der Waals surface area contributed by atoms with Crippen molar-refractivity contribution in [2.24, 2.45) is 5.73 Å². The van der Waals surface area contributed by atoms with Crippen molar-refractivity contribution in [2.75, 3.05) is 13.1 Å². The minimum atomic E-state index is -1.14. The normalized spacial score (nSPS) is 15.1. The second kappa shape index (κ2) is 9.36. The van der Waals surface area contributed by atoms with Gasteiger partial charge in [0.1, 0.15) is 6.04 Å². The van der Waals surface area contributed by atoms with E-state index in [9.17, 15) is 24.4 Å². The van der Waals surface area contributed by atoms with Crippen LogP contribution in [0.4, 0.5) is 0 Å². The molecule has 2 heterocycles. The average Bonchev–Trinajstić information content (AvgIpc) is 3.37. The minimum absolute atomic E-state index is 0.136. The molecule has 12 heteroatoms. The number of carbonyl (C=O) groups excluding carboxylic acids is 3. The van der Waals surface area contributed by atoms with Crippen molar-refractivity contribution in [1.82, 2.24) is 10.2 Å². The van der Waals surface area contributed by atoms with Gasteiger partial charge in [-0.3, -0.25) is 14.4 Å². The second-order valence-corrected chi connectivity index (χ2v) is 7.93. The molecule has 0 fully saturated rings. The lowest BCUT2D eigenvalue weighted by Gasteiger charge is -2.26. The molecule has 2 aliphatic heterocycles. The van der Waals surface area contributed by atoms with E-state index in [1.165, 1.54) is 11.0 Å². The number of carbonyl (C=O) groups is 3. The Kier molecular flexibility index (Phi) is 6.52. The first-order valence-electron chi connectivity index (χ1n) is 10.5. The van der Waals surface area contributed by atoms with E-state index in [0.717, 1.165) is 11.1 Å². The number of likely N-dealkylation sites (N-methyl/N-ethyl adjacent to an activating group) is 1. The molecule has 4 rings (SSSR count). The maximum absolute atomic E-state index is 13.1. The van der Waals surface area contributed by atoms with Crippen LogP contribution in [0, 0.1) is 0 Å². The van der Waals surface area contributed by atoms with Gasteiger partial charge in [-0.25, -0.2) is 0 Å². The molecule has 170 valence electrons. The van der Waals surface area contributed by atoms with Crippen LogP contribution in [0.1, 0.15) is 38.8 Å². The van der Waals surface area contributed by atoms with Crippen molar-refractivity contribution in [3.05, 3.63) is 58.7 Å². The van der Waals surface area contributed by atoms with Crippen molar-refractivity contribution in [3.8, 4) is 0 Å². The lowest BCUT2D eigenvalue weighted by Crippen LogP contribution is -2.52. The Bertz CT molecular complexity index is 1110. The fourth-order valence-corrected chi connectivity index (χ4v) is 3.91. The molecule has 0 bridgehead atoms. The summed E-state index contributed by atoms with van der Waals surface area (Å²) in [7, 11) is -2.19. The van der Waals surface area contributed by atoms with Crippen LogP contribution in [0.15, 0.2) is 36.4 Å². The first-order valence-corrected chi connectivity index (χ1v) is 10.5. The summed E-state index contributed by atoms with van der Waals surface area (Å²) < 4.78 is 10.3. The largest absolute Gasteiger partial charge is 0.491 e. The molecule has 0 saturated carbocycles. The predicted octanol–water partition coefficient (Wildman–Crippen LogP) is -2.13. The van der Waals surface area contributed by atoms with Gasteiger partial charge in [0, 0.05) is 17.7 Å². The highest BCUT2D eigenvalue weighted by molar-refractivity contribution is 6.62. The first kappa shape index (κ1) is 23.0. The van der Waals surface area contributed by atoms with Gasteiger partial charge >= 0.3 is 14.2 Å². The van der Waals surface area contributed by atoms with Gasteiger partial charge in [-0.15, -0.1) is 0 Å². The van der Waals surface area contributed by atoms with Crippen LogP contribution < -0.4 is 22.0 Å². The summed E-state index contributed by atoms with van der Waals surface area (Å²) in [5.41, 5.74) is 8.65. The van der Waals surface area contributed by atoms with Crippen molar-refractivity contribution in [1.29, 1.82) is 0 Å². The predicted molar refractivity (Wildman–Crippen MR) is 120 cm³/mol. The molecule has 2 aromatic carbocycles. The molecule has 0 spiro atoms. The number of primary amides is 1. The summed E-state index contributed by atoms with van der Waals surface area (Å²) in [6, 6.07) is 8.50. The molecule has 3 amide bonds. The van der Waals surface area contributed by atoms with Crippen LogP contribution in [-0.2, 0) is 27.3 Å². The number of amides is 3. The molecule has 0 aromatic heterocycles. The molecule has 33 heavy (non-hydrogen) atoms. The van der Waals surface area contributed by atoms with E-state index >= 15 is 0 Å². The molecule has 0 unspecified atom stereocenters. The Labute approximate surface area is 190 Å². The average molecular weight is 451 g/mol. The third-order valence-electron chi connectivity index (χ3n) is 5.85. The molecular formula is C21H23B2N3O7. The summed E-state index contributed by atoms with van der Waals surface area (Å²) in [6.07, 6.45) is 0. The summed E-state index contributed by atoms with van der Waals surface area (Å²) in [4.78, 5) is 39.3. The van der Waals surface area contributed by atoms with Crippen molar-refractivity contribution >= 4 is 42.9 Å². The fourth-order valence-electron chi connectivity index (χ4n) is 3.91. The number of nitrogens with two attached hydrogens (primary N) is 1. The van der Waals surface area contributed by atoms with E-state index in [1.54, 1.807) is 37.3 Å². The zero-order valence-electron chi connectivity index (χ0n) is 18.0. The van der Waals surface area contributed by atoms with Gasteiger partial charge in [0.25, 0.3) is 11.8 Å². The number of fused-ring (bicyclic) bond motifs is 2. The van der Waals surface area contributed by atoms with Crippen LogP contribution >= 0.6 is 0 Å². The Balaban J connectivity index is 1.48. The third-order valence-corrected chi connectivity index (χ3v) is 5.85. The molecule has 2 aromatic rings. The fraction of sp³-hybridized carbons (Fsp3) is 0.286. The second-order valence-electron chi connectivity index (χ2n) is 7.93. The highest BCUT2D eigenvalue weighted by Gasteiger charge is 2.31. The molecule has 0 aliphatic carbocycles. The maximum atomic E-state index is 13.1. The van der Waals surface area contributed by atoms with Crippen molar-refractivity contribution in [3.63, 3.8) is 0 Å². The SMILES string of the molecule is CCN(C[C@H](NC(=O)c1ccc2c(c1)B(O)OC2)C(N)=O)C(=O)c1ccc2c(c1)B(O)OC2. The summed E-state index contributed by atoms with van der Waals surface area (Å²) in [6.45, 7) is 2.39. The minimum Gasteiger partial charge on any atom is -0.423 e. The number of benzene rings is 2. The lowest BCUT2D eigenvalue weighted by atomic mass is 9.78. The van der Waals surface area contributed by atoms with Gasteiger partial charge in [-0.05, 0) is 53.2 Å². The maximum Gasteiger partial charge on any atom is 0.491 e. The Morgan fingerprint density at radius 3 is 2.12 bits per heavy atom. The van der Waals surface area contributed by atoms with E-state index < -0.39 is 32.1 Å². The number of nitrogens with one attached hydrogen (secondary N) is 1.